The highest BCUT2D eigenvalue weighted by atomic mass is 79.9. The van der Waals surface area contributed by atoms with E-state index < -0.39 is 0 Å². The van der Waals surface area contributed by atoms with Gasteiger partial charge in [0.25, 0.3) is 0 Å². The number of hydrogen-bond donors (Lipinski definition) is 1. The van der Waals surface area contributed by atoms with E-state index in [-0.39, 0.29) is 5.82 Å². The first-order chi connectivity index (χ1) is 10.1. The third-order valence-electron chi connectivity index (χ3n) is 3.82. The fraction of sp³-hybridized carbons (Fsp3) is 0.294. The molecule has 1 fully saturated rings. The number of anilines is 1. The Hall–Kier alpha value is -1.39. The van der Waals surface area contributed by atoms with Gasteiger partial charge in [0.2, 0.25) is 0 Å². The quantitative estimate of drug-likeness (QED) is 0.814. The Kier molecular flexibility index (Phi) is 4.27. The van der Waals surface area contributed by atoms with Crippen molar-refractivity contribution in [3.8, 4) is 0 Å². The third-order valence-corrected chi connectivity index (χ3v) is 4.56. The van der Waals surface area contributed by atoms with E-state index in [2.05, 4.69) is 33.0 Å². The van der Waals surface area contributed by atoms with Crippen LogP contribution in [0, 0.1) is 5.82 Å². The van der Waals surface area contributed by atoms with Gasteiger partial charge in [-0.2, -0.15) is 0 Å². The van der Waals surface area contributed by atoms with Gasteiger partial charge in [-0.15, -0.1) is 0 Å². The van der Waals surface area contributed by atoms with Crippen LogP contribution in [0.3, 0.4) is 0 Å². The fourth-order valence-corrected chi connectivity index (χ4v) is 2.96. The molecule has 0 bridgehead atoms. The topological polar surface area (TPSA) is 29.3 Å². The molecule has 3 rings (SSSR count). The molecule has 21 heavy (non-hydrogen) atoms. The number of rotatable bonds is 5. The van der Waals surface area contributed by atoms with Gasteiger partial charge in [0.15, 0.2) is 0 Å². The minimum atomic E-state index is -0.206. The molecule has 2 aromatic carbocycles. The number of nitrogens with two attached hydrogens (primary N) is 1. The Bertz CT molecular complexity index is 623. The molecule has 0 unspecified atom stereocenters. The highest BCUT2D eigenvalue weighted by Crippen LogP contribution is 2.31. The standard InChI is InChI=1S/C17H18BrFN2/c18-17-9-14(19)4-3-13(17)11-21(16-7-8-16)10-12-1-5-15(20)6-2-12/h1-6,9,16H,7-8,10-11,20H2. The van der Waals surface area contributed by atoms with E-state index in [1.165, 1.54) is 30.5 Å². The summed E-state index contributed by atoms with van der Waals surface area (Å²) in [5.41, 5.74) is 8.90. The summed E-state index contributed by atoms with van der Waals surface area (Å²) in [5, 5.41) is 0. The lowest BCUT2D eigenvalue weighted by atomic mass is 10.1. The Morgan fingerprint density at radius 2 is 1.81 bits per heavy atom. The van der Waals surface area contributed by atoms with E-state index in [0.29, 0.717) is 6.04 Å². The molecule has 0 radical (unpaired) electrons. The van der Waals surface area contributed by atoms with Crippen molar-refractivity contribution in [2.45, 2.75) is 32.0 Å². The first-order valence-electron chi connectivity index (χ1n) is 7.14. The zero-order valence-electron chi connectivity index (χ0n) is 11.7. The van der Waals surface area contributed by atoms with Crippen molar-refractivity contribution in [2.24, 2.45) is 0 Å². The second kappa shape index (κ2) is 6.16. The Balaban J connectivity index is 1.74. The average molecular weight is 349 g/mol. The highest BCUT2D eigenvalue weighted by molar-refractivity contribution is 9.10. The summed E-state index contributed by atoms with van der Waals surface area (Å²) in [5.74, 6) is -0.206. The summed E-state index contributed by atoms with van der Waals surface area (Å²) in [6.07, 6.45) is 2.49. The predicted octanol–water partition coefficient (Wildman–Crippen LogP) is 4.34. The van der Waals surface area contributed by atoms with E-state index >= 15 is 0 Å². The van der Waals surface area contributed by atoms with Crippen molar-refractivity contribution in [2.75, 3.05) is 5.73 Å². The molecule has 0 atom stereocenters. The minimum Gasteiger partial charge on any atom is -0.399 e. The van der Waals surface area contributed by atoms with Crippen molar-refractivity contribution in [1.29, 1.82) is 0 Å². The van der Waals surface area contributed by atoms with Crippen molar-refractivity contribution in [3.63, 3.8) is 0 Å². The molecule has 0 heterocycles. The average Bonchev–Trinajstić information content (AvgIpc) is 3.28. The van der Waals surface area contributed by atoms with Crippen LogP contribution in [0.2, 0.25) is 0 Å². The van der Waals surface area contributed by atoms with Crippen LogP contribution >= 0.6 is 15.9 Å². The summed E-state index contributed by atoms with van der Waals surface area (Å²) < 4.78 is 14.0. The summed E-state index contributed by atoms with van der Waals surface area (Å²) in [6, 6.07) is 13.6. The van der Waals surface area contributed by atoms with Gasteiger partial charge in [-0.1, -0.05) is 34.1 Å². The first-order valence-corrected chi connectivity index (χ1v) is 7.93. The molecule has 0 aliphatic heterocycles. The van der Waals surface area contributed by atoms with E-state index in [1.54, 1.807) is 0 Å². The van der Waals surface area contributed by atoms with Gasteiger partial charge in [0.1, 0.15) is 5.82 Å². The van der Waals surface area contributed by atoms with Crippen molar-refractivity contribution in [1.82, 2.24) is 4.90 Å². The number of nitrogens with zero attached hydrogens (tertiary/aromatic N) is 1. The van der Waals surface area contributed by atoms with Crippen molar-refractivity contribution in [3.05, 3.63) is 63.9 Å². The van der Waals surface area contributed by atoms with E-state index in [0.717, 1.165) is 28.8 Å². The maximum atomic E-state index is 13.2. The molecule has 1 aliphatic carbocycles. The maximum Gasteiger partial charge on any atom is 0.124 e. The molecule has 2 aromatic rings. The maximum absolute atomic E-state index is 13.2. The molecular weight excluding hydrogens is 331 g/mol. The van der Waals surface area contributed by atoms with E-state index in [1.807, 2.05) is 18.2 Å². The molecule has 2 N–H and O–H groups in total. The first kappa shape index (κ1) is 14.5. The molecule has 2 nitrogen and oxygen atoms in total. The SMILES string of the molecule is Nc1ccc(CN(Cc2ccc(F)cc2Br)C2CC2)cc1. The molecule has 1 saturated carbocycles. The molecule has 0 amide bonds. The van der Waals surface area contributed by atoms with E-state index in [9.17, 15) is 4.39 Å². The van der Waals surface area contributed by atoms with Crippen LogP contribution in [0.25, 0.3) is 0 Å². The minimum absolute atomic E-state index is 0.206. The molecule has 4 heteroatoms. The Morgan fingerprint density at radius 1 is 1.10 bits per heavy atom. The van der Waals surface area contributed by atoms with Gasteiger partial charge in [0.05, 0.1) is 0 Å². The summed E-state index contributed by atoms with van der Waals surface area (Å²) in [7, 11) is 0. The molecule has 0 saturated heterocycles. The van der Waals surface area contributed by atoms with Crippen LogP contribution in [0.15, 0.2) is 46.9 Å². The second-order valence-corrected chi connectivity index (χ2v) is 6.47. The van der Waals surface area contributed by atoms with Crippen LogP contribution in [0.4, 0.5) is 10.1 Å². The number of halogens is 2. The van der Waals surface area contributed by atoms with Gasteiger partial charge in [0, 0.05) is 29.3 Å². The summed E-state index contributed by atoms with van der Waals surface area (Å²) in [4.78, 5) is 2.45. The lowest BCUT2D eigenvalue weighted by Crippen LogP contribution is -2.25. The smallest absolute Gasteiger partial charge is 0.124 e. The normalized spacial score (nSPS) is 14.6. The third kappa shape index (κ3) is 3.83. The van der Waals surface area contributed by atoms with Crippen LogP contribution in [0.1, 0.15) is 24.0 Å². The Labute approximate surface area is 132 Å². The summed E-state index contributed by atoms with van der Waals surface area (Å²) >= 11 is 3.46. The van der Waals surface area contributed by atoms with Crippen molar-refractivity contribution < 1.29 is 4.39 Å². The van der Waals surface area contributed by atoms with Crippen molar-refractivity contribution >= 4 is 21.6 Å². The van der Waals surface area contributed by atoms with Crippen LogP contribution < -0.4 is 5.73 Å². The zero-order chi connectivity index (χ0) is 14.8. The monoisotopic (exact) mass is 348 g/mol. The molecule has 0 spiro atoms. The molecule has 1 aliphatic rings. The molecular formula is C17H18BrFN2. The van der Waals surface area contributed by atoms with Gasteiger partial charge < -0.3 is 5.73 Å². The van der Waals surface area contributed by atoms with Crippen LogP contribution in [-0.2, 0) is 13.1 Å². The molecule has 110 valence electrons. The van der Waals surface area contributed by atoms with E-state index in [4.69, 9.17) is 5.73 Å². The summed E-state index contributed by atoms with van der Waals surface area (Å²) in [6.45, 7) is 1.73. The largest absolute Gasteiger partial charge is 0.399 e. The lowest BCUT2D eigenvalue weighted by Gasteiger charge is -2.23. The van der Waals surface area contributed by atoms with Gasteiger partial charge >= 0.3 is 0 Å². The second-order valence-electron chi connectivity index (χ2n) is 5.61. The number of benzene rings is 2. The van der Waals surface area contributed by atoms with Crippen LogP contribution in [-0.4, -0.2) is 10.9 Å². The van der Waals surface area contributed by atoms with Gasteiger partial charge in [-0.05, 0) is 48.2 Å². The van der Waals surface area contributed by atoms with Gasteiger partial charge in [-0.25, -0.2) is 4.39 Å². The molecule has 0 aromatic heterocycles. The zero-order valence-corrected chi connectivity index (χ0v) is 13.3. The Morgan fingerprint density at radius 3 is 2.43 bits per heavy atom. The predicted molar refractivity (Wildman–Crippen MR) is 87.2 cm³/mol. The van der Waals surface area contributed by atoms with Crippen LogP contribution in [0.5, 0.6) is 0 Å². The van der Waals surface area contributed by atoms with Gasteiger partial charge in [-0.3, -0.25) is 4.90 Å². The lowest BCUT2D eigenvalue weighted by molar-refractivity contribution is 0.245. The number of hydrogen-bond acceptors (Lipinski definition) is 2. The highest BCUT2D eigenvalue weighted by Gasteiger charge is 2.29. The fourth-order valence-electron chi connectivity index (χ4n) is 2.48. The number of nitrogen functional groups attached to an aromatic ring is 1.